The van der Waals surface area contributed by atoms with Crippen LogP contribution in [0.2, 0.25) is 0 Å². The minimum atomic E-state index is -0.768. The van der Waals surface area contributed by atoms with E-state index in [4.69, 9.17) is 4.42 Å². The van der Waals surface area contributed by atoms with Crippen molar-refractivity contribution in [2.75, 3.05) is 0 Å². The van der Waals surface area contributed by atoms with Crippen LogP contribution in [0.1, 0.15) is 56.8 Å². The highest BCUT2D eigenvalue weighted by Gasteiger charge is 2.35. The zero-order valence-electron chi connectivity index (χ0n) is 12.5. The SMILES string of the molecule is CCC1CCCC(O)(c2cc3cccc(C)c3o2)CC1. The molecule has 2 aromatic rings. The van der Waals surface area contributed by atoms with Gasteiger partial charge in [-0.1, -0.05) is 38.0 Å². The van der Waals surface area contributed by atoms with Gasteiger partial charge in [0.25, 0.3) is 0 Å². The van der Waals surface area contributed by atoms with Crippen LogP contribution in [-0.2, 0) is 5.60 Å². The summed E-state index contributed by atoms with van der Waals surface area (Å²) >= 11 is 0. The van der Waals surface area contributed by atoms with Gasteiger partial charge in [0.1, 0.15) is 16.9 Å². The van der Waals surface area contributed by atoms with E-state index in [1.54, 1.807) is 0 Å². The van der Waals surface area contributed by atoms with E-state index in [1.807, 2.05) is 12.1 Å². The molecule has 3 rings (SSSR count). The molecule has 1 saturated carbocycles. The summed E-state index contributed by atoms with van der Waals surface area (Å²) in [6, 6.07) is 8.19. The fourth-order valence-corrected chi connectivity index (χ4v) is 3.49. The Bertz CT molecular complexity index is 598. The average Bonchev–Trinajstić information content (AvgIpc) is 2.80. The molecular weight excluding hydrogens is 248 g/mol. The molecule has 0 bridgehead atoms. The summed E-state index contributed by atoms with van der Waals surface area (Å²) in [5.74, 6) is 1.52. The van der Waals surface area contributed by atoms with Gasteiger partial charge >= 0.3 is 0 Å². The Balaban J connectivity index is 1.94. The third-order valence-electron chi connectivity index (χ3n) is 4.95. The molecule has 1 aromatic heterocycles. The molecule has 0 spiro atoms. The quantitative estimate of drug-likeness (QED) is 0.787. The first kappa shape index (κ1) is 13.7. The van der Waals surface area contributed by atoms with Crippen LogP contribution in [0.15, 0.2) is 28.7 Å². The van der Waals surface area contributed by atoms with E-state index in [-0.39, 0.29) is 0 Å². The van der Waals surface area contributed by atoms with E-state index in [2.05, 4.69) is 26.0 Å². The molecule has 0 saturated heterocycles. The molecule has 108 valence electrons. The van der Waals surface area contributed by atoms with Crippen molar-refractivity contribution in [3.8, 4) is 0 Å². The molecular formula is C18H24O2. The highest BCUT2D eigenvalue weighted by molar-refractivity contribution is 5.81. The van der Waals surface area contributed by atoms with Crippen LogP contribution in [0.5, 0.6) is 0 Å². The molecule has 2 heteroatoms. The molecule has 1 heterocycles. The van der Waals surface area contributed by atoms with Gasteiger partial charge in [-0.05, 0) is 50.2 Å². The van der Waals surface area contributed by atoms with E-state index in [0.29, 0.717) is 0 Å². The molecule has 0 radical (unpaired) electrons. The van der Waals surface area contributed by atoms with Crippen molar-refractivity contribution < 1.29 is 9.52 Å². The molecule has 1 fully saturated rings. The van der Waals surface area contributed by atoms with Crippen LogP contribution in [0, 0.1) is 12.8 Å². The van der Waals surface area contributed by atoms with Crippen molar-refractivity contribution in [2.24, 2.45) is 5.92 Å². The summed E-state index contributed by atoms with van der Waals surface area (Å²) in [6.45, 7) is 4.31. The molecule has 1 aliphatic carbocycles. The van der Waals surface area contributed by atoms with Crippen molar-refractivity contribution in [2.45, 2.75) is 58.0 Å². The van der Waals surface area contributed by atoms with Gasteiger partial charge < -0.3 is 9.52 Å². The second-order valence-electron chi connectivity index (χ2n) is 6.34. The van der Waals surface area contributed by atoms with Crippen molar-refractivity contribution >= 4 is 11.0 Å². The number of para-hydroxylation sites is 1. The fourth-order valence-electron chi connectivity index (χ4n) is 3.49. The van der Waals surface area contributed by atoms with Gasteiger partial charge in [-0.25, -0.2) is 0 Å². The van der Waals surface area contributed by atoms with Crippen molar-refractivity contribution in [3.63, 3.8) is 0 Å². The predicted molar refractivity (Wildman–Crippen MR) is 81.7 cm³/mol. The standard InChI is InChI=1S/C18H24O2/c1-3-14-7-5-10-18(19,11-9-14)16-12-15-8-4-6-13(2)17(15)20-16/h4,6,8,12,14,19H,3,5,7,9-11H2,1-2H3. The number of hydrogen-bond acceptors (Lipinski definition) is 2. The first-order valence-electron chi connectivity index (χ1n) is 7.84. The lowest BCUT2D eigenvalue weighted by atomic mass is 9.90. The summed E-state index contributed by atoms with van der Waals surface area (Å²) in [4.78, 5) is 0. The maximum atomic E-state index is 11.0. The Morgan fingerprint density at radius 2 is 2.15 bits per heavy atom. The Morgan fingerprint density at radius 1 is 1.30 bits per heavy atom. The second kappa shape index (κ2) is 5.25. The molecule has 1 aliphatic rings. The van der Waals surface area contributed by atoms with Gasteiger partial charge in [0, 0.05) is 5.39 Å². The predicted octanol–water partition coefficient (Wildman–Crippen LogP) is 4.92. The molecule has 2 unspecified atom stereocenters. The van der Waals surface area contributed by atoms with E-state index < -0.39 is 5.60 Å². The van der Waals surface area contributed by atoms with E-state index in [9.17, 15) is 5.11 Å². The number of hydrogen-bond donors (Lipinski definition) is 1. The van der Waals surface area contributed by atoms with Gasteiger partial charge in [-0.2, -0.15) is 0 Å². The van der Waals surface area contributed by atoms with Gasteiger partial charge in [-0.15, -0.1) is 0 Å². The molecule has 20 heavy (non-hydrogen) atoms. The molecule has 2 nitrogen and oxygen atoms in total. The van der Waals surface area contributed by atoms with Crippen LogP contribution in [-0.4, -0.2) is 5.11 Å². The van der Waals surface area contributed by atoms with E-state index >= 15 is 0 Å². The number of furan rings is 1. The second-order valence-corrected chi connectivity index (χ2v) is 6.34. The van der Waals surface area contributed by atoms with Crippen LogP contribution in [0.25, 0.3) is 11.0 Å². The third kappa shape index (κ3) is 2.37. The number of rotatable bonds is 2. The van der Waals surface area contributed by atoms with Gasteiger partial charge in [0.05, 0.1) is 0 Å². The maximum absolute atomic E-state index is 11.0. The molecule has 0 aliphatic heterocycles. The van der Waals surface area contributed by atoms with Gasteiger partial charge in [0.2, 0.25) is 0 Å². The van der Waals surface area contributed by atoms with Crippen LogP contribution >= 0.6 is 0 Å². The smallest absolute Gasteiger partial charge is 0.137 e. The zero-order valence-corrected chi connectivity index (χ0v) is 12.5. The summed E-state index contributed by atoms with van der Waals surface area (Å²) in [7, 11) is 0. The molecule has 0 amide bonds. The first-order valence-corrected chi connectivity index (χ1v) is 7.84. The Kier molecular flexibility index (Phi) is 3.59. The van der Waals surface area contributed by atoms with Gasteiger partial charge in [-0.3, -0.25) is 0 Å². The van der Waals surface area contributed by atoms with Gasteiger partial charge in [0.15, 0.2) is 0 Å². The third-order valence-corrected chi connectivity index (χ3v) is 4.95. The molecule has 1 N–H and O–H groups in total. The van der Waals surface area contributed by atoms with Crippen molar-refractivity contribution in [1.29, 1.82) is 0 Å². The lowest BCUT2D eigenvalue weighted by Crippen LogP contribution is -2.24. The Labute approximate surface area is 120 Å². The largest absolute Gasteiger partial charge is 0.458 e. The van der Waals surface area contributed by atoms with E-state index in [1.165, 1.54) is 12.8 Å². The summed E-state index contributed by atoms with van der Waals surface area (Å²) < 4.78 is 6.02. The number of aryl methyl sites for hydroxylation is 1. The fraction of sp³-hybridized carbons (Fsp3) is 0.556. The summed E-state index contributed by atoms with van der Waals surface area (Å²) in [5, 5.41) is 12.1. The first-order chi connectivity index (χ1) is 9.62. The monoisotopic (exact) mass is 272 g/mol. The maximum Gasteiger partial charge on any atom is 0.137 e. The minimum absolute atomic E-state index is 0.759. The summed E-state index contributed by atoms with van der Waals surface area (Å²) in [5.41, 5.74) is 1.29. The minimum Gasteiger partial charge on any atom is -0.458 e. The lowest BCUT2D eigenvalue weighted by molar-refractivity contribution is 0.000137. The van der Waals surface area contributed by atoms with Crippen molar-refractivity contribution in [3.05, 3.63) is 35.6 Å². The number of aliphatic hydroxyl groups is 1. The molecule has 2 atom stereocenters. The normalized spacial score (nSPS) is 27.6. The van der Waals surface area contributed by atoms with E-state index in [0.717, 1.165) is 53.9 Å². The number of fused-ring (bicyclic) bond motifs is 1. The summed E-state index contributed by atoms with van der Waals surface area (Å²) in [6.07, 6.45) is 6.29. The highest BCUT2D eigenvalue weighted by Crippen LogP contribution is 2.40. The van der Waals surface area contributed by atoms with Crippen molar-refractivity contribution in [1.82, 2.24) is 0 Å². The van der Waals surface area contributed by atoms with Crippen LogP contribution in [0.3, 0.4) is 0 Å². The number of benzene rings is 1. The Hall–Kier alpha value is -1.28. The van der Waals surface area contributed by atoms with Crippen LogP contribution < -0.4 is 0 Å². The lowest BCUT2D eigenvalue weighted by Gasteiger charge is -2.24. The molecule has 1 aromatic carbocycles. The average molecular weight is 272 g/mol. The highest BCUT2D eigenvalue weighted by atomic mass is 16.4. The Morgan fingerprint density at radius 3 is 2.90 bits per heavy atom. The van der Waals surface area contributed by atoms with Crippen LogP contribution in [0.4, 0.5) is 0 Å². The topological polar surface area (TPSA) is 33.4 Å². The zero-order chi connectivity index (χ0) is 14.2.